The second kappa shape index (κ2) is 13.5. The van der Waals surface area contributed by atoms with Crippen molar-refractivity contribution in [1.29, 1.82) is 0 Å². The maximum atomic E-state index is 15.2. The molecule has 5 rings (SSSR count). The lowest BCUT2D eigenvalue weighted by atomic mass is 9.92. The third kappa shape index (κ3) is 6.55. The Morgan fingerprint density at radius 3 is 2.57 bits per heavy atom. The molecule has 0 spiro atoms. The van der Waals surface area contributed by atoms with Gasteiger partial charge in [-0.15, -0.1) is 13.2 Å². The van der Waals surface area contributed by atoms with Gasteiger partial charge < -0.3 is 19.1 Å². The predicted octanol–water partition coefficient (Wildman–Crippen LogP) is 7.35. The number of carbonyl (C=O) groups is 1. The summed E-state index contributed by atoms with van der Waals surface area (Å²) in [6.07, 6.45) is 8.00. The van der Waals surface area contributed by atoms with E-state index in [2.05, 4.69) is 25.0 Å². The Morgan fingerprint density at radius 1 is 1.09 bits per heavy atom. The minimum absolute atomic E-state index is 0.160. The molecule has 0 N–H and O–H groups in total. The number of nitrogens with zero attached hydrogens (tertiary/aromatic N) is 3. The number of ether oxygens (including phenoxy) is 3. The van der Waals surface area contributed by atoms with Crippen molar-refractivity contribution in [3.8, 4) is 28.1 Å². The maximum Gasteiger partial charge on any atom is 0.310 e. The number of hydrogen-bond donors (Lipinski definition) is 0. The molecule has 0 aliphatic carbocycles. The van der Waals surface area contributed by atoms with Gasteiger partial charge in [0.25, 0.3) is 0 Å². The van der Waals surface area contributed by atoms with Crippen molar-refractivity contribution >= 4 is 17.2 Å². The summed E-state index contributed by atoms with van der Waals surface area (Å²) >= 11 is 0. The van der Waals surface area contributed by atoms with Crippen molar-refractivity contribution < 1.29 is 23.4 Å². The summed E-state index contributed by atoms with van der Waals surface area (Å²) in [5, 5.41) is 4.95. The van der Waals surface area contributed by atoms with Crippen LogP contribution >= 0.6 is 0 Å². The number of fused-ring (bicyclic) bond motifs is 1. The molecule has 1 fully saturated rings. The fourth-order valence-corrected chi connectivity index (χ4v) is 5.80. The van der Waals surface area contributed by atoms with E-state index in [-0.39, 0.29) is 23.8 Å². The molecule has 0 atom stereocenters. The van der Waals surface area contributed by atoms with Crippen LogP contribution in [0.1, 0.15) is 37.3 Å². The molecule has 0 amide bonds. The summed E-state index contributed by atoms with van der Waals surface area (Å²) in [4.78, 5) is 14.9. The first-order chi connectivity index (χ1) is 21.3. The SMILES string of the molecule is C=CCCOc1cccc(F)c1-c1cccc(-c2cc3c(N4CCC(C)(OCC=C)CC4)c(CC(=O)OC)c(C)cn3n2)c1. The highest BCUT2D eigenvalue weighted by molar-refractivity contribution is 5.86. The Hall–Kier alpha value is -4.43. The predicted molar refractivity (Wildman–Crippen MR) is 173 cm³/mol. The molecule has 1 aliphatic rings. The minimum Gasteiger partial charge on any atom is -0.493 e. The zero-order valence-corrected chi connectivity index (χ0v) is 25.8. The molecule has 0 saturated carbocycles. The third-order valence-electron chi connectivity index (χ3n) is 8.29. The third-order valence-corrected chi connectivity index (χ3v) is 8.29. The Labute approximate surface area is 258 Å². The molecule has 0 bridgehead atoms. The van der Waals surface area contributed by atoms with Gasteiger partial charge in [-0.2, -0.15) is 5.10 Å². The lowest BCUT2D eigenvalue weighted by Gasteiger charge is -2.41. The fourth-order valence-electron chi connectivity index (χ4n) is 5.80. The lowest BCUT2D eigenvalue weighted by Crippen LogP contribution is -2.45. The van der Waals surface area contributed by atoms with Gasteiger partial charge in [0, 0.05) is 24.8 Å². The largest absolute Gasteiger partial charge is 0.493 e. The van der Waals surface area contributed by atoms with Crippen LogP contribution in [0.5, 0.6) is 5.75 Å². The molecule has 8 heteroatoms. The summed E-state index contributed by atoms with van der Waals surface area (Å²) in [5.41, 5.74) is 6.20. The number of rotatable bonds is 12. The Bertz CT molecular complexity index is 1670. The van der Waals surface area contributed by atoms with Crippen LogP contribution in [0.4, 0.5) is 10.1 Å². The Kier molecular flexibility index (Phi) is 9.49. The number of benzene rings is 2. The van der Waals surface area contributed by atoms with Crippen LogP contribution in [0.15, 0.2) is 80.0 Å². The summed E-state index contributed by atoms with van der Waals surface area (Å²) in [5.74, 6) is -0.162. The van der Waals surface area contributed by atoms with Crippen molar-refractivity contribution in [1.82, 2.24) is 9.61 Å². The highest BCUT2D eigenvalue weighted by Crippen LogP contribution is 2.38. The molecule has 1 saturated heterocycles. The van der Waals surface area contributed by atoms with Crippen LogP contribution in [0, 0.1) is 12.7 Å². The van der Waals surface area contributed by atoms with E-state index in [9.17, 15) is 4.79 Å². The zero-order chi connectivity index (χ0) is 31.3. The van der Waals surface area contributed by atoms with Crippen LogP contribution in [-0.2, 0) is 20.7 Å². The van der Waals surface area contributed by atoms with Gasteiger partial charge in [0.1, 0.15) is 11.6 Å². The minimum atomic E-state index is -0.354. The number of aromatic nitrogens is 2. The second-order valence-electron chi connectivity index (χ2n) is 11.4. The lowest BCUT2D eigenvalue weighted by molar-refractivity contribution is -0.139. The van der Waals surface area contributed by atoms with E-state index in [0.29, 0.717) is 36.5 Å². The first-order valence-corrected chi connectivity index (χ1v) is 15.0. The summed E-state index contributed by atoms with van der Waals surface area (Å²) < 4.78 is 34.1. The molecule has 2 aromatic carbocycles. The van der Waals surface area contributed by atoms with Crippen molar-refractivity contribution in [2.45, 2.75) is 45.1 Å². The van der Waals surface area contributed by atoms with Crippen LogP contribution in [-0.4, -0.2) is 54.6 Å². The molecular weight excluding hydrogens is 557 g/mol. The van der Waals surface area contributed by atoms with Crippen LogP contribution in [0.3, 0.4) is 0 Å². The van der Waals surface area contributed by atoms with E-state index < -0.39 is 0 Å². The van der Waals surface area contributed by atoms with Gasteiger partial charge in [-0.3, -0.25) is 4.79 Å². The fraction of sp³-hybridized carbons (Fsp3) is 0.333. The van der Waals surface area contributed by atoms with Crippen LogP contribution < -0.4 is 9.64 Å². The molecule has 7 nitrogen and oxygen atoms in total. The molecule has 0 unspecified atom stereocenters. The van der Waals surface area contributed by atoms with Crippen molar-refractivity contribution in [2.24, 2.45) is 0 Å². The molecule has 4 aromatic rings. The number of methoxy groups -OCH3 is 1. The Balaban J connectivity index is 1.56. The van der Waals surface area contributed by atoms with Gasteiger partial charge in [-0.1, -0.05) is 36.4 Å². The number of esters is 1. The van der Waals surface area contributed by atoms with Gasteiger partial charge in [-0.25, -0.2) is 8.91 Å². The normalized spacial score (nSPS) is 14.4. The number of piperidine rings is 1. The van der Waals surface area contributed by atoms with E-state index in [1.54, 1.807) is 24.3 Å². The molecule has 0 radical (unpaired) electrons. The smallest absolute Gasteiger partial charge is 0.310 e. The molecule has 44 heavy (non-hydrogen) atoms. The van der Waals surface area contributed by atoms with Gasteiger partial charge >= 0.3 is 5.97 Å². The second-order valence-corrected chi connectivity index (χ2v) is 11.4. The van der Waals surface area contributed by atoms with Gasteiger partial charge in [0.2, 0.25) is 0 Å². The van der Waals surface area contributed by atoms with Gasteiger partial charge in [-0.05, 0) is 74.1 Å². The Morgan fingerprint density at radius 2 is 1.84 bits per heavy atom. The average molecular weight is 598 g/mol. The summed E-state index contributed by atoms with van der Waals surface area (Å²) in [7, 11) is 1.41. The van der Waals surface area contributed by atoms with Crippen molar-refractivity contribution in [3.05, 3.63) is 97.0 Å². The number of anilines is 1. The number of hydrogen-bond acceptors (Lipinski definition) is 6. The summed E-state index contributed by atoms with van der Waals surface area (Å²) in [6, 6.07) is 14.6. The maximum absolute atomic E-state index is 15.2. The quantitative estimate of drug-likeness (QED) is 0.0967. The van der Waals surface area contributed by atoms with Gasteiger partial charge in [0.15, 0.2) is 0 Å². The number of aryl methyl sites for hydroxylation is 1. The number of carbonyl (C=O) groups excluding carboxylic acids is 1. The molecule has 230 valence electrons. The van der Waals surface area contributed by atoms with E-state index >= 15 is 4.39 Å². The van der Waals surface area contributed by atoms with Crippen molar-refractivity contribution in [3.63, 3.8) is 0 Å². The monoisotopic (exact) mass is 597 g/mol. The topological polar surface area (TPSA) is 65.3 Å². The highest BCUT2D eigenvalue weighted by atomic mass is 19.1. The van der Waals surface area contributed by atoms with E-state index in [1.807, 2.05) is 48.0 Å². The van der Waals surface area contributed by atoms with Gasteiger partial charge in [0.05, 0.1) is 54.8 Å². The number of pyridine rings is 1. The zero-order valence-electron chi connectivity index (χ0n) is 25.8. The first-order valence-electron chi connectivity index (χ1n) is 15.0. The standard InChI is InChI=1S/C36H40FN3O4/c1-6-8-20-43-32-14-10-13-29(37)34(32)27-12-9-11-26(21-27)30-23-31-35(39-17-15-36(4,16-18-39)44-19-7-2)28(22-33(41)42-5)25(3)24-40(31)38-30/h6-7,9-14,21,23-24H,1-2,8,15-20,22H2,3-5H3. The molecule has 3 heterocycles. The molecule has 2 aromatic heterocycles. The van der Waals surface area contributed by atoms with Crippen molar-refractivity contribution in [2.75, 3.05) is 38.3 Å². The summed E-state index contributed by atoms with van der Waals surface area (Å²) in [6.45, 7) is 14.1. The molecular formula is C36H40FN3O4. The van der Waals surface area contributed by atoms with Crippen LogP contribution in [0.2, 0.25) is 0 Å². The first kappa shape index (κ1) is 31.0. The van der Waals surface area contributed by atoms with Crippen LogP contribution in [0.25, 0.3) is 27.9 Å². The number of halogens is 1. The van der Waals surface area contributed by atoms with E-state index in [0.717, 1.165) is 59.5 Å². The average Bonchev–Trinajstić information content (AvgIpc) is 3.45. The highest BCUT2D eigenvalue weighted by Gasteiger charge is 2.33. The van der Waals surface area contributed by atoms with E-state index in [4.69, 9.17) is 19.3 Å². The molecule has 1 aliphatic heterocycles. The van der Waals surface area contributed by atoms with E-state index in [1.165, 1.54) is 13.2 Å².